The van der Waals surface area contributed by atoms with Gasteiger partial charge in [0.05, 0.1) is 4.92 Å². The second-order valence-electron chi connectivity index (χ2n) is 3.14. The Morgan fingerprint density at radius 3 is 2.30 bits per heavy atom. The summed E-state index contributed by atoms with van der Waals surface area (Å²) in [5.41, 5.74) is -2.42. The topological polar surface area (TPSA) is 110 Å². The number of nitro groups is 1. The number of nitro benzene ring substituents is 1. The maximum atomic E-state index is 12.2. The number of nitriles is 1. The van der Waals surface area contributed by atoms with Gasteiger partial charge in [0.1, 0.15) is 11.6 Å². The Morgan fingerprint density at radius 2 is 1.95 bits per heavy atom. The minimum Gasteiger partial charge on any atom is -0.397 e. The molecule has 1 aromatic carbocycles. The van der Waals surface area contributed by atoms with Crippen molar-refractivity contribution in [1.82, 2.24) is 0 Å². The predicted octanol–water partition coefficient (Wildman–Crippen LogP) is 2.29. The zero-order valence-electron chi connectivity index (χ0n) is 9.01. The van der Waals surface area contributed by atoms with E-state index in [9.17, 15) is 31.7 Å². The highest BCUT2D eigenvalue weighted by Crippen LogP contribution is 2.40. The Labute approximate surface area is 113 Å². The van der Waals surface area contributed by atoms with Gasteiger partial charge in [-0.25, -0.2) is 8.42 Å². The molecule has 0 aliphatic carbocycles. The minimum absolute atomic E-state index is 0.544. The molecule has 0 aromatic heterocycles. The number of rotatable bonds is 3. The summed E-state index contributed by atoms with van der Waals surface area (Å²) < 4.78 is 62.2. The highest BCUT2D eigenvalue weighted by atomic mass is 35.7. The van der Waals surface area contributed by atoms with Gasteiger partial charge in [0.25, 0.3) is 9.05 Å². The quantitative estimate of drug-likeness (QED) is 0.477. The Kier molecular flexibility index (Phi) is 4.11. The fraction of sp³-hybridized carbons (Fsp3) is 0.125. The van der Waals surface area contributed by atoms with E-state index >= 15 is 0 Å². The van der Waals surface area contributed by atoms with Crippen LogP contribution in [0.15, 0.2) is 17.0 Å². The van der Waals surface area contributed by atoms with Crippen molar-refractivity contribution in [2.75, 3.05) is 0 Å². The van der Waals surface area contributed by atoms with Crippen LogP contribution >= 0.6 is 10.7 Å². The summed E-state index contributed by atoms with van der Waals surface area (Å²) in [6.45, 7) is 0. The van der Waals surface area contributed by atoms with E-state index in [0.717, 1.165) is 0 Å². The summed E-state index contributed by atoms with van der Waals surface area (Å²) in [6.07, 6.45) is -5.36. The highest BCUT2D eigenvalue weighted by molar-refractivity contribution is 8.13. The van der Waals surface area contributed by atoms with Gasteiger partial charge in [0.2, 0.25) is 5.75 Å². The number of benzene rings is 1. The molecule has 0 atom stereocenters. The third-order valence-electron chi connectivity index (χ3n) is 1.88. The van der Waals surface area contributed by atoms with Crippen molar-refractivity contribution in [3.05, 3.63) is 27.8 Å². The summed E-state index contributed by atoms with van der Waals surface area (Å²) >= 11 is 0. The van der Waals surface area contributed by atoms with Gasteiger partial charge in [0.15, 0.2) is 4.90 Å². The maximum Gasteiger partial charge on any atom is 0.573 e. The highest BCUT2D eigenvalue weighted by Gasteiger charge is 2.39. The van der Waals surface area contributed by atoms with Crippen LogP contribution in [0.1, 0.15) is 5.56 Å². The molecule has 108 valence electrons. The molecular formula is C8H2ClF3N2O5S. The molecule has 12 heteroatoms. The lowest BCUT2D eigenvalue weighted by Gasteiger charge is -2.11. The fourth-order valence-electron chi connectivity index (χ4n) is 1.23. The van der Waals surface area contributed by atoms with E-state index in [0.29, 0.717) is 12.1 Å². The van der Waals surface area contributed by atoms with E-state index < -0.39 is 42.2 Å². The Morgan fingerprint density at radius 1 is 1.40 bits per heavy atom. The molecule has 0 bridgehead atoms. The van der Waals surface area contributed by atoms with Crippen LogP contribution in [-0.4, -0.2) is 19.7 Å². The first kappa shape index (κ1) is 16.0. The van der Waals surface area contributed by atoms with E-state index in [1.165, 1.54) is 6.07 Å². The molecule has 0 saturated carbocycles. The maximum absolute atomic E-state index is 12.2. The molecule has 0 unspecified atom stereocenters. The average molecular weight is 331 g/mol. The number of alkyl halides is 3. The van der Waals surface area contributed by atoms with Gasteiger partial charge in [-0.05, 0) is 12.1 Å². The van der Waals surface area contributed by atoms with E-state index in [4.69, 9.17) is 15.9 Å². The number of halogens is 4. The molecule has 0 radical (unpaired) electrons. The largest absolute Gasteiger partial charge is 0.573 e. The first-order chi connectivity index (χ1) is 8.97. The average Bonchev–Trinajstić information content (AvgIpc) is 2.24. The Balaban J connectivity index is 3.77. The van der Waals surface area contributed by atoms with E-state index in [1.807, 2.05) is 0 Å². The van der Waals surface area contributed by atoms with Crippen LogP contribution in [0.5, 0.6) is 5.75 Å². The van der Waals surface area contributed by atoms with Gasteiger partial charge in [-0.1, -0.05) is 0 Å². The number of nitrogens with zero attached hydrogens (tertiary/aromatic N) is 2. The molecule has 0 N–H and O–H groups in total. The first-order valence-electron chi connectivity index (χ1n) is 4.39. The summed E-state index contributed by atoms with van der Waals surface area (Å²) in [6, 6.07) is 2.38. The number of hydrogen-bond acceptors (Lipinski definition) is 6. The molecule has 0 aliphatic rings. The predicted molar refractivity (Wildman–Crippen MR) is 57.5 cm³/mol. The normalized spacial score (nSPS) is 11.8. The van der Waals surface area contributed by atoms with Crippen molar-refractivity contribution in [3.8, 4) is 11.8 Å². The van der Waals surface area contributed by atoms with Gasteiger partial charge in [-0.15, -0.1) is 13.2 Å². The van der Waals surface area contributed by atoms with E-state index in [-0.39, 0.29) is 0 Å². The molecule has 20 heavy (non-hydrogen) atoms. The van der Waals surface area contributed by atoms with Gasteiger partial charge in [-0.3, -0.25) is 10.1 Å². The van der Waals surface area contributed by atoms with Crippen molar-refractivity contribution < 1.29 is 31.2 Å². The molecule has 0 heterocycles. The molecule has 0 spiro atoms. The van der Waals surface area contributed by atoms with Crippen molar-refractivity contribution >= 4 is 25.4 Å². The second kappa shape index (κ2) is 5.14. The molecule has 0 fully saturated rings. The summed E-state index contributed by atoms with van der Waals surface area (Å²) in [7, 11) is 0.187. The monoisotopic (exact) mass is 330 g/mol. The lowest BCUT2D eigenvalue weighted by molar-refractivity contribution is -0.391. The minimum atomic E-state index is -5.36. The van der Waals surface area contributed by atoms with Crippen LogP contribution in [0.2, 0.25) is 0 Å². The van der Waals surface area contributed by atoms with Crippen molar-refractivity contribution in [3.63, 3.8) is 0 Å². The Bertz CT molecular complexity index is 710. The molecule has 1 aromatic rings. The SMILES string of the molecule is N#Cc1ccc(S(=O)(=O)Cl)c([N+](=O)[O-])c1OC(F)(F)F. The Hall–Kier alpha value is -2.06. The zero-order chi connectivity index (χ0) is 15.7. The van der Waals surface area contributed by atoms with Crippen LogP contribution in [-0.2, 0) is 9.05 Å². The zero-order valence-corrected chi connectivity index (χ0v) is 10.6. The van der Waals surface area contributed by atoms with Crippen molar-refractivity contribution in [2.24, 2.45) is 0 Å². The van der Waals surface area contributed by atoms with E-state index in [2.05, 4.69) is 4.74 Å². The van der Waals surface area contributed by atoms with Crippen LogP contribution in [0.25, 0.3) is 0 Å². The fourth-order valence-corrected chi connectivity index (χ4v) is 2.23. The van der Waals surface area contributed by atoms with Gasteiger partial charge >= 0.3 is 12.0 Å². The first-order valence-corrected chi connectivity index (χ1v) is 6.70. The van der Waals surface area contributed by atoms with Crippen LogP contribution in [0, 0.1) is 21.4 Å². The standard InChI is InChI=1S/C8H2ClF3N2O5S/c9-20(17,18)5-2-1-4(3-13)7(6(5)14(15)16)19-8(10,11)12/h1-2H. The van der Waals surface area contributed by atoms with E-state index in [1.54, 1.807) is 0 Å². The van der Waals surface area contributed by atoms with Gasteiger partial charge in [0, 0.05) is 10.7 Å². The molecular weight excluding hydrogens is 329 g/mol. The third kappa shape index (κ3) is 3.49. The van der Waals surface area contributed by atoms with Crippen molar-refractivity contribution in [1.29, 1.82) is 5.26 Å². The van der Waals surface area contributed by atoms with Crippen LogP contribution < -0.4 is 4.74 Å². The van der Waals surface area contributed by atoms with Crippen LogP contribution in [0.4, 0.5) is 18.9 Å². The molecule has 0 aliphatic heterocycles. The molecule has 1 rings (SSSR count). The van der Waals surface area contributed by atoms with Gasteiger partial charge < -0.3 is 4.74 Å². The number of ether oxygens (including phenoxy) is 1. The van der Waals surface area contributed by atoms with Gasteiger partial charge in [-0.2, -0.15) is 5.26 Å². The summed E-state index contributed by atoms with van der Waals surface area (Å²) in [4.78, 5) is 8.13. The third-order valence-corrected chi connectivity index (χ3v) is 3.23. The lowest BCUT2D eigenvalue weighted by Crippen LogP contribution is -2.19. The van der Waals surface area contributed by atoms with Crippen molar-refractivity contribution in [2.45, 2.75) is 11.3 Å². The molecule has 0 saturated heterocycles. The molecule has 7 nitrogen and oxygen atoms in total. The number of hydrogen-bond donors (Lipinski definition) is 0. The smallest absolute Gasteiger partial charge is 0.397 e. The summed E-state index contributed by atoms with van der Waals surface area (Å²) in [5.74, 6) is -1.54. The van der Waals surface area contributed by atoms with Crippen LogP contribution in [0.3, 0.4) is 0 Å². The lowest BCUT2D eigenvalue weighted by atomic mass is 10.2. The molecule has 0 amide bonds. The summed E-state index contributed by atoms with van der Waals surface area (Å²) in [5, 5.41) is 19.4. The second-order valence-corrected chi connectivity index (χ2v) is 5.68.